The van der Waals surface area contributed by atoms with Gasteiger partial charge in [0.15, 0.2) is 0 Å². The van der Waals surface area contributed by atoms with Crippen LogP contribution in [-0.2, 0) is 0 Å². The van der Waals surface area contributed by atoms with Crippen LogP contribution in [0.15, 0.2) is 109 Å². The highest BCUT2D eigenvalue weighted by Crippen LogP contribution is 2.38. The molecule has 0 aliphatic carbocycles. The first kappa shape index (κ1) is 19.4. The van der Waals surface area contributed by atoms with Crippen molar-refractivity contribution in [3.63, 3.8) is 0 Å². The number of nitrogens with zero attached hydrogens (tertiary/aromatic N) is 2. The molecule has 0 unspecified atom stereocenters. The number of fused-ring (bicyclic) bond motifs is 3. The normalized spacial score (nSPS) is 11.0. The lowest BCUT2D eigenvalue weighted by Crippen LogP contribution is -1.85. The molecule has 0 saturated heterocycles. The van der Waals surface area contributed by atoms with Crippen LogP contribution < -0.4 is 0 Å². The fourth-order valence-corrected chi connectivity index (χ4v) is 5.50. The number of pyridine rings is 1. The van der Waals surface area contributed by atoms with Crippen LogP contribution >= 0.6 is 11.3 Å². The number of hydrogen-bond donors (Lipinski definition) is 0. The zero-order valence-electron chi connectivity index (χ0n) is 17.7. The summed E-state index contributed by atoms with van der Waals surface area (Å²) in [6.45, 7) is 0. The molecule has 0 spiro atoms. The van der Waals surface area contributed by atoms with Gasteiger partial charge in [-0.15, -0.1) is 11.3 Å². The summed E-state index contributed by atoms with van der Waals surface area (Å²) in [4.78, 5) is 4.08. The SMILES string of the molecule is N#Cc1cc(-c2cccc(-c3ccc4c(c3)sc3cc(-c5ccccc5)ccc34)c2)ccn1. The van der Waals surface area contributed by atoms with Gasteiger partial charge in [0.1, 0.15) is 11.8 Å². The first-order valence-corrected chi connectivity index (χ1v) is 11.6. The summed E-state index contributed by atoms with van der Waals surface area (Å²) in [7, 11) is 0. The van der Waals surface area contributed by atoms with Crippen LogP contribution in [0.3, 0.4) is 0 Å². The second kappa shape index (κ2) is 8.02. The predicted molar refractivity (Wildman–Crippen MR) is 138 cm³/mol. The molecule has 2 aromatic heterocycles. The van der Waals surface area contributed by atoms with E-state index in [1.54, 1.807) is 6.20 Å². The van der Waals surface area contributed by atoms with Crippen molar-refractivity contribution in [1.82, 2.24) is 4.98 Å². The number of hydrogen-bond acceptors (Lipinski definition) is 3. The van der Waals surface area contributed by atoms with Crippen LogP contribution in [-0.4, -0.2) is 4.98 Å². The molecule has 33 heavy (non-hydrogen) atoms. The third-order valence-electron chi connectivity index (χ3n) is 5.98. The molecule has 0 aliphatic rings. The maximum atomic E-state index is 9.17. The molecule has 2 heterocycles. The maximum Gasteiger partial charge on any atom is 0.141 e. The van der Waals surface area contributed by atoms with Crippen molar-refractivity contribution in [3.8, 4) is 39.4 Å². The lowest BCUT2D eigenvalue weighted by Gasteiger charge is -2.07. The molecule has 4 aromatic carbocycles. The highest BCUT2D eigenvalue weighted by atomic mass is 32.1. The Morgan fingerprint density at radius 1 is 0.545 bits per heavy atom. The number of nitriles is 1. The summed E-state index contributed by atoms with van der Waals surface area (Å²) in [5, 5.41) is 11.8. The highest BCUT2D eigenvalue weighted by Gasteiger charge is 2.09. The van der Waals surface area contributed by atoms with Gasteiger partial charge in [-0.05, 0) is 63.7 Å². The van der Waals surface area contributed by atoms with Crippen LogP contribution in [0.2, 0.25) is 0 Å². The summed E-state index contributed by atoms with van der Waals surface area (Å²) >= 11 is 1.84. The van der Waals surface area contributed by atoms with Crippen molar-refractivity contribution in [2.24, 2.45) is 0 Å². The van der Waals surface area contributed by atoms with Gasteiger partial charge >= 0.3 is 0 Å². The van der Waals surface area contributed by atoms with Gasteiger partial charge in [0.05, 0.1) is 0 Å². The molecule has 0 aliphatic heterocycles. The second-order valence-electron chi connectivity index (χ2n) is 8.01. The molecule has 3 heteroatoms. The van der Waals surface area contributed by atoms with Crippen LogP contribution in [0.5, 0.6) is 0 Å². The van der Waals surface area contributed by atoms with Crippen LogP contribution in [0.1, 0.15) is 5.69 Å². The lowest BCUT2D eigenvalue weighted by molar-refractivity contribution is 1.26. The fraction of sp³-hybridized carbons (Fsp3) is 0. The van der Waals surface area contributed by atoms with E-state index in [0.29, 0.717) is 5.69 Å². The summed E-state index contributed by atoms with van der Waals surface area (Å²) in [6.07, 6.45) is 1.69. The highest BCUT2D eigenvalue weighted by molar-refractivity contribution is 7.25. The Morgan fingerprint density at radius 2 is 1.12 bits per heavy atom. The molecular formula is C30H18N2S. The molecule has 0 amide bonds. The van der Waals surface area contributed by atoms with E-state index in [0.717, 1.165) is 16.7 Å². The van der Waals surface area contributed by atoms with Gasteiger partial charge < -0.3 is 0 Å². The molecule has 6 aromatic rings. The van der Waals surface area contributed by atoms with Gasteiger partial charge in [0.25, 0.3) is 0 Å². The standard InChI is InChI=1S/C30H18N2S/c31-19-26-16-25(13-14-32-26)22-8-4-7-21(15-22)24-10-12-28-27-11-9-23(20-5-2-1-3-6-20)17-29(27)33-30(28)18-24/h1-18H. The van der Waals surface area contributed by atoms with Crippen molar-refractivity contribution < 1.29 is 0 Å². The van der Waals surface area contributed by atoms with Gasteiger partial charge in [-0.1, -0.05) is 72.8 Å². The molecule has 154 valence electrons. The third kappa shape index (κ3) is 3.57. The molecule has 0 atom stereocenters. The molecule has 6 rings (SSSR count). The fourth-order valence-electron chi connectivity index (χ4n) is 4.32. The number of rotatable bonds is 3. The lowest BCUT2D eigenvalue weighted by atomic mass is 9.98. The van der Waals surface area contributed by atoms with E-state index in [1.165, 1.54) is 36.9 Å². The molecule has 0 N–H and O–H groups in total. The largest absolute Gasteiger partial charge is 0.246 e. The minimum Gasteiger partial charge on any atom is -0.246 e. The van der Waals surface area contributed by atoms with Crippen molar-refractivity contribution in [3.05, 3.63) is 115 Å². The van der Waals surface area contributed by atoms with Crippen LogP contribution in [0, 0.1) is 11.3 Å². The quantitative estimate of drug-likeness (QED) is 0.278. The van der Waals surface area contributed by atoms with Gasteiger partial charge in [0, 0.05) is 26.4 Å². The van der Waals surface area contributed by atoms with E-state index >= 15 is 0 Å². The van der Waals surface area contributed by atoms with E-state index in [2.05, 4.69) is 102 Å². The van der Waals surface area contributed by atoms with Crippen LogP contribution in [0.4, 0.5) is 0 Å². The number of thiophene rings is 1. The van der Waals surface area contributed by atoms with Crippen molar-refractivity contribution >= 4 is 31.5 Å². The summed E-state index contributed by atoms with van der Waals surface area (Å²) in [5.41, 5.74) is 7.34. The van der Waals surface area contributed by atoms with Gasteiger partial charge in [-0.3, -0.25) is 0 Å². The Bertz CT molecular complexity index is 1670. The van der Waals surface area contributed by atoms with Crippen molar-refractivity contribution in [2.45, 2.75) is 0 Å². The molecule has 0 saturated carbocycles. The molecule has 0 radical (unpaired) electrons. The Kier molecular flexibility index (Phi) is 4.72. The molecule has 0 bridgehead atoms. The topological polar surface area (TPSA) is 36.7 Å². The second-order valence-corrected chi connectivity index (χ2v) is 9.10. The minimum atomic E-state index is 0.430. The van der Waals surface area contributed by atoms with Gasteiger partial charge in [0.2, 0.25) is 0 Å². The first-order valence-electron chi connectivity index (χ1n) is 10.8. The summed E-state index contributed by atoms with van der Waals surface area (Å²) < 4.78 is 2.59. The smallest absolute Gasteiger partial charge is 0.141 e. The number of benzene rings is 4. The first-order chi connectivity index (χ1) is 16.3. The van der Waals surface area contributed by atoms with Gasteiger partial charge in [-0.2, -0.15) is 5.26 Å². The molecular weight excluding hydrogens is 420 g/mol. The Hall–Kier alpha value is -4.26. The van der Waals surface area contributed by atoms with E-state index in [1.807, 2.05) is 23.5 Å². The Morgan fingerprint density at radius 3 is 1.79 bits per heavy atom. The Balaban J connectivity index is 1.42. The van der Waals surface area contributed by atoms with Crippen molar-refractivity contribution in [1.29, 1.82) is 5.26 Å². The van der Waals surface area contributed by atoms with Crippen LogP contribution in [0.25, 0.3) is 53.6 Å². The Labute approximate surface area is 196 Å². The average Bonchev–Trinajstić information content (AvgIpc) is 3.26. The third-order valence-corrected chi connectivity index (χ3v) is 7.10. The monoisotopic (exact) mass is 438 g/mol. The number of aromatic nitrogens is 1. The van der Waals surface area contributed by atoms with Crippen molar-refractivity contribution in [2.75, 3.05) is 0 Å². The maximum absolute atomic E-state index is 9.17. The zero-order chi connectivity index (χ0) is 22.2. The molecule has 0 fully saturated rings. The zero-order valence-corrected chi connectivity index (χ0v) is 18.5. The molecule has 2 nitrogen and oxygen atoms in total. The van der Waals surface area contributed by atoms with E-state index in [-0.39, 0.29) is 0 Å². The average molecular weight is 439 g/mol. The van der Waals surface area contributed by atoms with E-state index < -0.39 is 0 Å². The van der Waals surface area contributed by atoms with E-state index in [4.69, 9.17) is 0 Å². The predicted octanol–water partition coefficient (Wildman–Crippen LogP) is 8.32. The minimum absolute atomic E-state index is 0.430. The van der Waals surface area contributed by atoms with Gasteiger partial charge in [-0.25, -0.2) is 4.98 Å². The van der Waals surface area contributed by atoms with E-state index in [9.17, 15) is 5.26 Å². The summed E-state index contributed by atoms with van der Waals surface area (Å²) in [5.74, 6) is 0. The summed E-state index contributed by atoms with van der Waals surface area (Å²) in [6, 6.07) is 38.4.